The molecule has 2 aromatic carbocycles. The molecule has 0 atom stereocenters. The molecular formula is C18H10Cl2F2N2OS. The number of carbonyl (C=O) groups excluding carboxylic acids is 1. The fraction of sp³-hybridized carbons (Fsp3) is 0. The molecular weight excluding hydrogens is 401 g/mol. The van der Waals surface area contributed by atoms with Crippen molar-refractivity contribution >= 4 is 51.7 Å². The van der Waals surface area contributed by atoms with Gasteiger partial charge in [-0.3, -0.25) is 10.1 Å². The molecule has 132 valence electrons. The Morgan fingerprint density at radius 2 is 1.96 bits per heavy atom. The van der Waals surface area contributed by atoms with Crippen molar-refractivity contribution in [1.82, 2.24) is 4.98 Å². The summed E-state index contributed by atoms with van der Waals surface area (Å²) >= 11 is 13.0. The van der Waals surface area contributed by atoms with E-state index in [1.165, 1.54) is 12.1 Å². The zero-order valence-corrected chi connectivity index (χ0v) is 15.3. The normalized spacial score (nSPS) is 11.1. The largest absolute Gasteiger partial charge is 0.298 e. The molecule has 3 rings (SSSR count). The topological polar surface area (TPSA) is 42.0 Å². The number of rotatable bonds is 4. The SMILES string of the molecule is O=C(/C=C/c1ccc(Cl)cc1Cl)Nc1nc(-c2ccc(F)cc2F)cs1. The van der Waals surface area contributed by atoms with Crippen LogP contribution in [0.3, 0.4) is 0 Å². The first-order valence-corrected chi connectivity index (χ1v) is 8.91. The predicted octanol–water partition coefficient (Wildman–Crippen LogP) is 6.05. The lowest BCUT2D eigenvalue weighted by Gasteiger charge is -2.00. The maximum atomic E-state index is 13.8. The lowest BCUT2D eigenvalue weighted by Crippen LogP contribution is -2.07. The van der Waals surface area contributed by atoms with Crippen LogP contribution in [0.1, 0.15) is 5.56 Å². The van der Waals surface area contributed by atoms with E-state index in [9.17, 15) is 13.6 Å². The number of anilines is 1. The molecule has 0 saturated heterocycles. The minimum atomic E-state index is -0.717. The van der Waals surface area contributed by atoms with Crippen LogP contribution >= 0.6 is 34.5 Å². The van der Waals surface area contributed by atoms with Crippen LogP contribution in [0.15, 0.2) is 47.9 Å². The van der Waals surface area contributed by atoms with Gasteiger partial charge < -0.3 is 0 Å². The highest BCUT2D eigenvalue weighted by atomic mass is 35.5. The smallest absolute Gasteiger partial charge is 0.250 e. The van der Waals surface area contributed by atoms with Crippen LogP contribution in [0.2, 0.25) is 10.0 Å². The van der Waals surface area contributed by atoms with E-state index >= 15 is 0 Å². The van der Waals surface area contributed by atoms with Gasteiger partial charge in [0.05, 0.1) is 5.69 Å². The second-order valence-corrected chi connectivity index (χ2v) is 6.85. The molecule has 0 aliphatic rings. The first kappa shape index (κ1) is 18.5. The molecule has 0 bridgehead atoms. The fourth-order valence-electron chi connectivity index (χ4n) is 2.10. The zero-order chi connectivity index (χ0) is 18.7. The number of carbonyl (C=O) groups is 1. The standard InChI is InChI=1S/C18H10Cl2F2N2OS/c19-11-3-1-10(14(20)7-11)2-6-17(25)24-18-23-16(9-26-18)13-5-4-12(21)8-15(13)22/h1-9H,(H,23,24,25)/b6-2+. The van der Waals surface area contributed by atoms with Crippen molar-refractivity contribution in [2.75, 3.05) is 5.32 Å². The summed E-state index contributed by atoms with van der Waals surface area (Å²) in [6, 6.07) is 8.15. The van der Waals surface area contributed by atoms with Crippen LogP contribution in [-0.2, 0) is 4.79 Å². The van der Waals surface area contributed by atoms with E-state index in [1.807, 2.05) is 0 Å². The molecule has 0 unspecified atom stereocenters. The maximum Gasteiger partial charge on any atom is 0.250 e. The molecule has 26 heavy (non-hydrogen) atoms. The molecule has 1 aromatic heterocycles. The van der Waals surface area contributed by atoms with Crippen molar-refractivity contribution in [2.24, 2.45) is 0 Å². The molecule has 8 heteroatoms. The number of hydrogen-bond acceptors (Lipinski definition) is 3. The van der Waals surface area contributed by atoms with Gasteiger partial charge >= 0.3 is 0 Å². The van der Waals surface area contributed by atoms with Crippen LogP contribution in [0.5, 0.6) is 0 Å². The van der Waals surface area contributed by atoms with Gasteiger partial charge in [-0.05, 0) is 35.9 Å². The molecule has 0 radical (unpaired) electrons. The average Bonchev–Trinajstić information content (AvgIpc) is 3.02. The molecule has 0 saturated carbocycles. The number of nitrogens with zero attached hydrogens (tertiary/aromatic N) is 1. The van der Waals surface area contributed by atoms with E-state index in [1.54, 1.807) is 29.7 Å². The Balaban J connectivity index is 1.70. The Kier molecular flexibility index (Phi) is 5.66. The lowest BCUT2D eigenvalue weighted by atomic mass is 10.1. The summed E-state index contributed by atoms with van der Waals surface area (Å²) in [5.41, 5.74) is 1.11. The highest BCUT2D eigenvalue weighted by Gasteiger charge is 2.11. The third-order valence-electron chi connectivity index (χ3n) is 3.32. The molecule has 3 nitrogen and oxygen atoms in total. The Hall–Kier alpha value is -2.28. The average molecular weight is 411 g/mol. The second-order valence-electron chi connectivity index (χ2n) is 5.15. The van der Waals surface area contributed by atoms with E-state index in [-0.39, 0.29) is 5.56 Å². The van der Waals surface area contributed by atoms with Gasteiger partial charge in [-0.15, -0.1) is 11.3 Å². The lowest BCUT2D eigenvalue weighted by molar-refractivity contribution is -0.111. The quantitative estimate of drug-likeness (QED) is 0.532. The Labute approximate surface area is 161 Å². The fourth-order valence-corrected chi connectivity index (χ4v) is 3.29. The molecule has 0 aliphatic heterocycles. The Bertz CT molecular complexity index is 1000. The van der Waals surface area contributed by atoms with Gasteiger partial charge in [0, 0.05) is 33.1 Å². The number of aromatic nitrogens is 1. The Morgan fingerprint density at radius 1 is 1.15 bits per heavy atom. The third-order valence-corrected chi connectivity index (χ3v) is 4.64. The summed E-state index contributed by atoms with van der Waals surface area (Å²) in [4.78, 5) is 16.1. The van der Waals surface area contributed by atoms with E-state index < -0.39 is 17.5 Å². The first-order chi connectivity index (χ1) is 12.4. The van der Waals surface area contributed by atoms with E-state index in [4.69, 9.17) is 23.2 Å². The maximum absolute atomic E-state index is 13.8. The number of hydrogen-bond donors (Lipinski definition) is 1. The number of nitrogens with one attached hydrogen (secondary N) is 1. The van der Waals surface area contributed by atoms with E-state index in [0.29, 0.717) is 26.4 Å². The minimum absolute atomic E-state index is 0.159. The van der Waals surface area contributed by atoms with E-state index in [2.05, 4.69) is 10.3 Å². The zero-order valence-electron chi connectivity index (χ0n) is 13.0. The molecule has 0 aliphatic carbocycles. The van der Waals surface area contributed by atoms with Crippen LogP contribution in [0.4, 0.5) is 13.9 Å². The number of amides is 1. The van der Waals surface area contributed by atoms with Gasteiger partial charge in [0.1, 0.15) is 11.6 Å². The van der Waals surface area contributed by atoms with Gasteiger partial charge in [0.2, 0.25) is 5.91 Å². The predicted molar refractivity (Wildman–Crippen MR) is 102 cm³/mol. The van der Waals surface area contributed by atoms with Gasteiger partial charge in [-0.25, -0.2) is 13.8 Å². The van der Waals surface area contributed by atoms with Gasteiger partial charge in [-0.2, -0.15) is 0 Å². The van der Waals surface area contributed by atoms with Gasteiger partial charge in [0.25, 0.3) is 0 Å². The molecule has 0 fully saturated rings. The minimum Gasteiger partial charge on any atom is -0.298 e. The van der Waals surface area contributed by atoms with Crippen molar-refractivity contribution in [1.29, 1.82) is 0 Å². The van der Waals surface area contributed by atoms with Crippen LogP contribution < -0.4 is 5.32 Å². The molecule has 3 aromatic rings. The highest BCUT2D eigenvalue weighted by Crippen LogP contribution is 2.27. The summed E-state index contributed by atoms with van der Waals surface area (Å²) < 4.78 is 26.8. The number of benzene rings is 2. The summed E-state index contributed by atoms with van der Waals surface area (Å²) in [6.07, 6.45) is 2.84. The second kappa shape index (κ2) is 7.95. The van der Waals surface area contributed by atoms with Crippen molar-refractivity contribution in [3.05, 3.63) is 75.1 Å². The highest BCUT2D eigenvalue weighted by molar-refractivity contribution is 7.14. The molecule has 0 spiro atoms. The van der Waals surface area contributed by atoms with E-state index in [0.717, 1.165) is 23.5 Å². The van der Waals surface area contributed by atoms with Crippen molar-refractivity contribution in [3.63, 3.8) is 0 Å². The van der Waals surface area contributed by atoms with Crippen LogP contribution in [-0.4, -0.2) is 10.9 Å². The summed E-state index contributed by atoms with van der Waals surface area (Å²) in [6.45, 7) is 0. The first-order valence-electron chi connectivity index (χ1n) is 7.27. The number of thiazole rings is 1. The molecule has 1 amide bonds. The third kappa shape index (κ3) is 4.46. The summed E-state index contributed by atoms with van der Waals surface area (Å²) in [5.74, 6) is -1.80. The van der Waals surface area contributed by atoms with Crippen LogP contribution in [0, 0.1) is 11.6 Å². The summed E-state index contributed by atoms with van der Waals surface area (Å²) in [5, 5.41) is 5.37. The van der Waals surface area contributed by atoms with Crippen LogP contribution in [0.25, 0.3) is 17.3 Å². The van der Waals surface area contributed by atoms with Crippen molar-refractivity contribution in [3.8, 4) is 11.3 Å². The van der Waals surface area contributed by atoms with Crippen molar-refractivity contribution in [2.45, 2.75) is 0 Å². The van der Waals surface area contributed by atoms with Gasteiger partial charge in [-0.1, -0.05) is 29.3 Å². The number of halogens is 4. The Morgan fingerprint density at radius 3 is 2.69 bits per heavy atom. The van der Waals surface area contributed by atoms with Gasteiger partial charge in [0.15, 0.2) is 5.13 Å². The molecule has 1 heterocycles. The monoisotopic (exact) mass is 410 g/mol. The van der Waals surface area contributed by atoms with Crippen molar-refractivity contribution < 1.29 is 13.6 Å². The molecule has 1 N–H and O–H groups in total. The summed E-state index contributed by atoms with van der Waals surface area (Å²) in [7, 11) is 0.